The third-order valence-electron chi connectivity index (χ3n) is 2.44. The van der Waals surface area contributed by atoms with Gasteiger partial charge in [-0.3, -0.25) is 0 Å². The lowest BCUT2D eigenvalue weighted by Gasteiger charge is -2.30. The van der Waals surface area contributed by atoms with Crippen molar-refractivity contribution < 1.29 is 4.74 Å². The molecule has 0 bridgehead atoms. The predicted octanol–water partition coefficient (Wildman–Crippen LogP) is 1.71. The van der Waals surface area contributed by atoms with E-state index in [0.717, 1.165) is 26.1 Å². The molecule has 70 valence electrons. The normalized spacial score (nSPS) is 25.9. The summed E-state index contributed by atoms with van der Waals surface area (Å²) in [6.07, 6.45) is 6.58. The minimum atomic E-state index is 0.171. The van der Waals surface area contributed by atoms with Crippen molar-refractivity contribution in [1.82, 2.24) is 0 Å². The zero-order chi connectivity index (χ0) is 9.03. The quantitative estimate of drug-likeness (QED) is 0.639. The molecule has 1 unspecified atom stereocenters. The van der Waals surface area contributed by atoms with Crippen molar-refractivity contribution in [1.29, 1.82) is 0 Å². The molecule has 1 aliphatic rings. The largest absolute Gasteiger partial charge is 0.381 e. The number of hydrogen-bond donors (Lipinski definition) is 1. The van der Waals surface area contributed by atoms with E-state index in [2.05, 4.69) is 19.1 Å². The van der Waals surface area contributed by atoms with Gasteiger partial charge in [-0.15, -0.1) is 0 Å². The average molecular weight is 169 g/mol. The topological polar surface area (TPSA) is 35.2 Å². The molecule has 2 nitrogen and oxygen atoms in total. The van der Waals surface area contributed by atoms with Crippen LogP contribution in [0.5, 0.6) is 0 Å². The van der Waals surface area contributed by atoms with Gasteiger partial charge in [0.1, 0.15) is 0 Å². The van der Waals surface area contributed by atoms with Crippen molar-refractivity contribution >= 4 is 0 Å². The Morgan fingerprint density at radius 1 is 1.42 bits per heavy atom. The Morgan fingerprint density at radius 3 is 2.50 bits per heavy atom. The van der Waals surface area contributed by atoms with Gasteiger partial charge in [-0.1, -0.05) is 19.1 Å². The SMILES string of the molecule is CC(N)/C=C/C1(C)CCOCC1. The number of ether oxygens (including phenoxy) is 1. The molecular weight excluding hydrogens is 150 g/mol. The summed E-state index contributed by atoms with van der Waals surface area (Å²) in [4.78, 5) is 0. The van der Waals surface area contributed by atoms with Crippen molar-refractivity contribution in [2.45, 2.75) is 32.7 Å². The molecule has 0 saturated carbocycles. The molecule has 2 heteroatoms. The van der Waals surface area contributed by atoms with Crippen molar-refractivity contribution in [3.63, 3.8) is 0 Å². The predicted molar refractivity (Wildman–Crippen MR) is 50.9 cm³/mol. The number of hydrogen-bond acceptors (Lipinski definition) is 2. The first-order valence-electron chi connectivity index (χ1n) is 4.65. The summed E-state index contributed by atoms with van der Waals surface area (Å²) in [6, 6.07) is 0.171. The van der Waals surface area contributed by atoms with Gasteiger partial charge in [0.2, 0.25) is 0 Å². The van der Waals surface area contributed by atoms with Crippen molar-refractivity contribution in [3.05, 3.63) is 12.2 Å². The van der Waals surface area contributed by atoms with Crippen LogP contribution in [0, 0.1) is 5.41 Å². The summed E-state index contributed by atoms with van der Waals surface area (Å²) < 4.78 is 5.31. The van der Waals surface area contributed by atoms with E-state index in [1.165, 1.54) is 0 Å². The maximum Gasteiger partial charge on any atom is 0.0474 e. The van der Waals surface area contributed by atoms with E-state index >= 15 is 0 Å². The molecule has 0 amide bonds. The zero-order valence-electron chi connectivity index (χ0n) is 8.05. The molecule has 0 spiro atoms. The van der Waals surface area contributed by atoms with Gasteiger partial charge in [0.15, 0.2) is 0 Å². The summed E-state index contributed by atoms with van der Waals surface area (Å²) in [5, 5.41) is 0. The Labute approximate surface area is 74.8 Å². The summed E-state index contributed by atoms with van der Waals surface area (Å²) in [7, 11) is 0. The zero-order valence-corrected chi connectivity index (χ0v) is 8.05. The third-order valence-corrected chi connectivity index (χ3v) is 2.44. The summed E-state index contributed by atoms with van der Waals surface area (Å²) in [6.45, 7) is 6.05. The van der Waals surface area contributed by atoms with Crippen molar-refractivity contribution in [3.8, 4) is 0 Å². The minimum absolute atomic E-state index is 0.171. The van der Waals surface area contributed by atoms with Crippen LogP contribution >= 0.6 is 0 Å². The van der Waals surface area contributed by atoms with Gasteiger partial charge in [0, 0.05) is 19.3 Å². The van der Waals surface area contributed by atoms with Gasteiger partial charge < -0.3 is 10.5 Å². The molecule has 0 aromatic rings. The average Bonchev–Trinajstić information content (AvgIpc) is 2.03. The van der Waals surface area contributed by atoms with Gasteiger partial charge in [0.05, 0.1) is 0 Å². The number of nitrogens with two attached hydrogens (primary N) is 1. The van der Waals surface area contributed by atoms with Crippen molar-refractivity contribution in [2.75, 3.05) is 13.2 Å². The Bertz CT molecular complexity index is 157. The second kappa shape index (κ2) is 4.06. The van der Waals surface area contributed by atoms with Crippen LogP contribution in [-0.2, 0) is 4.74 Å². The van der Waals surface area contributed by atoms with Crippen LogP contribution in [-0.4, -0.2) is 19.3 Å². The molecule has 0 aromatic carbocycles. The minimum Gasteiger partial charge on any atom is -0.381 e. The highest BCUT2D eigenvalue weighted by molar-refractivity contribution is 5.01. The van der Waals surface area contributed by atoms with E-state index in [9.17, 15) is 0 Å². The Morgan fingerprint density at radius 2 is 2.00 bits per heavy atom. The van der Waals surface area contributed by atoms with Crippen LogP contribution in [0.25, 0.3) is 0 Å². The monoisotopic (exact) mass is 169 g/mol. The van der Waals surface area contributed by atoms with E-state index in [0.29, 0.717) is 5.41 Å². The van der Waals surface area contributed by atoms with Crippen LogP contribution in [0.1, 0.15) is 26.7 Å². The maximum absolute atomic E-state index is 5.65. The molecule has 0 radical (unpaired) electrons. The van der Waals surface area contributed by atoms with Crippen LogP contribution in [0.15, 0.2) is 12.2 Å². The lowest BCUT2D eigenvalue weighted by molar-refractivity contribution is 0.0448. The van der Waals surface area contributed by atoms with Gasteiger partial charge in [-0.2, -0.15) is 0 Å². The summed E-state index contributed by atoms with van der Waals surface area (Å²) in [5.41, 5.74) is 5.98. The standard InChI is InChI=1S/C10H19NO/c1-9(11)3-4-10(2)5-7-12-8-6-10/h3-4,9H,5-8,11H2,1-2H3/b4-3+. The fraction of sp³-hybridized carbons (Fsp3) is 0.800. The molecular formula is C10H19NO. The smallest absolute Gasteiger partial charge is 0.0474 e. The summed E-state index contributed by atoms with van der Waals surface area (Å²) >= 11 is 0. The van der Waals surface area contributed by atoms with Gasteiger partial charge >= 0.3 is 0 Å². The molecule has 1 rings (SSSR count). The maximum atomic E-state index is 5.65. The lowest BCUT2D eigenvalue weighted by Crippen LogP contribution is -2.25. The van der Waals surface area contributed by atoms with Crippen LogP contribution in [0.4, 0.5) is 0 Å². The van der Waals surface area contributed by atoms with E-state index in [1.807, 2.05) is 6.92 Å². The molecule has 0 aliphatic carbocycles. The van der Waals surface area contributed by atoms with Gasteiger partial charge in [-0.25, -0.2) is 0 Å². The van der Waals surface area contributed by atoms with Crippen LogP contribution < -0.4 is 5.73 Å². The molecule has 1 saturated heterocycles. The van der Waals surface area contributed by atoms with E-state index in [4.69, 9.17) is 10.5 Å². The Hall–Kier alpha value is -0.340. The lowest BCUT2D eigenvalue weighted by atomic mass is 9.82. The second-order valence-electron chi connectivity index (χ2n) is 3.98. The highest BCUT2D eigenvalue weighted by Gasteiger charge is 2.23. The van der Waals surface area contributed by atoms with Gasteiger partial charge in [-0.05, 0) is 25.2 Å². The first-order chi connectivity index (χ1) is 5.62. The Balaban J connectivity index is 2.46. The van der Waals surface area contributed by atoms with Crippen LogP contribution in [0.2, 0.25) is 0 Å². The number of allylic oxidation sites excluding steroid dienone is 1. The molecule has 1 atom stereocenters. The second-order valence-corrected chi connectivity index (χ2v) is 3.98. The molecule has 1 fully saturated rings. The Kier molecular flexibility index (Phi) is 3.29. The van der Waals surface area contributed by atoms with E-state index in [1.54, 1.807) is 0 Å². The van der Waals surface area contributed by atoms with Crippen molar-refractivity contribution in [2.24, 2.45) is 11.1 Å². The number of rotatable bonds is 2. The van der Waals surface area contributed by atoms with E-state index < -0.39 is 0 Å². The molecule has 1 heterocycles. The van der Waals surface area contributed by atoms with E-state index in [-0.39, 0.29) is 6.04 Å². The first-order valence-corrected chi connectivity index (χ1v) is 4.65. The fourth-order valence-corrected chi connectivity index (χ4v) is 1.39. The summed E-state index contributed by atoms with van der Waals surface area (Å²) in [5.74, 6) is 0. The third kappa shape index (κ3) is 2.95. The highest BCUT2D eigenvalue weighted by Crippen LogP contribution is 2.30. The molecule has 2 N–H and O–H groups in total. The van der Waals surface area contributed by atoms with Crippen LogP contribution in [0.3, 0.4) is 0 Å². The molecule has 12 heavy (non-hydrogen) atoms. The fourth-order valence-electron chi connectivity index (χ4n) is 1.39. The van der Waals surface area contributed by atoms with Gasteiger partial charge in [0.25, 0.3) is 0 Å². The first kappa shape index (κ1) is 9.75. The highest BCUT2D eigenvalue weighted by atomic mass is 16.5. The molecule has 0 aromatic heterocycles. The molecule has 1 aliphatic heterocycles.